The predicted molar refractivity (Wildman–Crippen MR) is 118 cm³/mol. The van der Waals surface area contributed by atoms with E-state index in [0.717, 1.165) is 43.6 Å². The molecule has 0 spiro atoms. The van der Waals surface area contributed by atoms with Crippen molar-refractivity contribution in [3.05, 3.63) is 54.4 Å². The zero-order chi connectivity index (χ0) is 21.1. The number of hydrogen-bond donors (Lipinski definition) is 1. The molecule has 4 rings (SSSR count). The largest absolute Gasteiger partial charge is 0.395 e. The molecule has 3 atom stereocenters. The van der Waals surface area contributed by atoms with Gasteiger partial charge >= 0.3 is 0 Å². The van der Waals surface area contributed by atoms with Gasteiger partial charge in [-0.1, -0.05) is 30.3 Å². The molecule has 2 aliphatic rings. The maximum absolute atomic E-state index is 12.8. The Labute approximate surface area is 179 Å². The highest BCUT2D eigenvalue weighted by Gasteiger charge is 2.49. The molecular formula is C24H32N4O2. The molecule has 0 saturated carbocycles. The number of rotatable bonds is 5. The molecule has 2 aromatic rings. The molecule has 0 radical (unpaired) electrons. The smallest absolute Gasteiger partial charge is 0.236 e. The molecule has 6 heteroatoms. The quantitative estimate of drug-likeness (QED) is 0.821. The minimum absolute atomic E-state index is 0.128. The number of aliphatic hydroxyl groups excluding tert-OH is 1. The van der Waals surface area contributed by atoms with Gasteiger partial charge in [-0.2, -0.15) is 0 Å². The fourth-order valence-electron chi connectivity index (χ4n) is 4.97. The Morgan fingerprint density at radius 3 is 2.57 bits per heavy atom. The van der Waals surface area contributed by atoms with Gasteiger partial charge in [-0.25, -0.2) is 0 Å². The van der Waals surface area contributed by atoms with Gasteiger partial charge in [-0.05, 0) is 56.2 Å². The molecule has 0 bridgehead atoms. The Hall–Kier alpha value is -2.28. The number of fused-ring (bicyclic) bond motifs is 1. The molecule has 30 heavy (non-hydrogen) atoms. The van der Waals surface area contributed by atoms with Gasteiger partial charge in [0, 0.05) is 43.5 Å². The summed E-state index contributed by atoms with van der Waals surface area (Å²) in [5, 5.41) is 10.1. The highest BCUT2D eigenvalue weighted by Crippen LogP contribution is 2.42. The number of pyridine rings is 1. The van der Waals surface area contributed by atoms with Gasteiger partial charge in [0.25, 0.3) is 0 Å². The van der Waals surface area contributed by atoms with E-state index in [9.17, 15) is 9.90 Å². The topological polar surface area (TPSA) is 59.9 Å². The van der Waals surface area contributed by atoms with Crippen LogP contribution in [0.4, 0.5) is 0 Å². The Kier molecular flexibility index (Phi) is 6.46. The van der Waals surface area contributed by atoms with E-state index >= 15 is 0 Å². The normalized spacial score (nSPS) is 24.7. The van der Waals surface area contributed by atoms with Crippen LogP contribution in [0.5, 0.6) is 0 Å². The van der Waals surface area contributed by atoms with Gasteiger partial charge in [0.15, 0.2) is 0 Å². The van der Waals surface area contributed by atoms with Gasteiger partial charge in [0.1, 0.15) is 0 Å². The van der Waals surface area contributed by atoms with E-state index in [-0.39, 0.29) is 30.5 Å². The van der Waals surface area contributed by atoms with Gasteiger partial charge in [-0.3, -0.25) is 14.7 Å². The molecule has 1 N–H and O–H groups in total. The molecule has 1 amide bonds. The lowest BCUT2D eigenvalue weighted by Gasteiger charge is -2.57. The van der Waals surface area contributed by atoms with Crippen LogP contribution >= 0.6 is 0 Å². The number of likely N-dealkylation sites (N-methyl/N-ethyl adjacent to an activating group) is 1. The summed E-state index contributed by atoms with van der Waals surface area (Å²) in [6, 6.07) is 13.0. The van der Waals surface area contributed by atoms with Crippen molar-refractivity contribution in [1.29, 1.82) is 0 Å². The summed E-state index contributed by atoms with van der Waals surface area (Å²) in [6.45, 7) is 3.15. The van der Waals surface area contributed by atoms with Crippen molar-refractivity contribution >= 4 is 5.91 Å². The number of benzene rings is 1. The van der Waals surface area contributed by atoms with E-state index < -0.39 is 0 Å². The maximum atomic E-state index is 12.8. The third kappa shape index (κ3) is 4.26. The Balaban J connectivity index is 1.55. The van der Waals surface area contributed by atoms with Gasteiger partial charge in [-0.15, -0.1) is 0 Å². The first-order valence-electron chi connectivity index (χ1n) is 10.9. The summed E-state index contributed by atoms with van der Waals surface area (Å²) in [5.74, 6) is 0.436. The molecular weight excluding hydrogens is 376 g/mol. The lowest BCUT2D eigenvalue weighted by Crippen LogP contribution is -2.68. The second kappa shape index (κ2) is 9.25. The summed E-state index contributed by atoms with van der Waals surface area (Å²) in [6.07, 6.45) is 5.74. The molecule has 1 aromatic heterocycles. The average Bonchev–Trinajstić information content (AvgIpc) is 2.73. The van der Waals surface area contributed by atoms with Crippen molar-refractivity contribution in [3.8, 4) is 11.1 Å². The molecule has 0 unspecified atom stereocenters. The van der Waals surface area contributed by atoms with Crippen LogP contribution in [0, 0.1) is 0 Å². The highest BCUT2D eigenvalue weighted by atomic mass is 16.3. The Morgan fingerprint density at radius 2 is 1.90 bits per heavy atom. The molecule has 2 saturated heterocycles. The highest BCUT2D eigenvalue weighted by molar-refractivity contribution is 5.78. The van der Waals surface area contributed by atoms with Gasteiger partial charge in [0.05, 0.1) is 13.2 Å². The van der Waals surface area contributed by atoms with E-state index in [2.05, 4.69) is 40.2 Å². The second-order valence-corrected chi connectivity index (χ2v) is 8.73. The third-order valence-electron chi connectivity index (χ3n) is 6.46. The average molecular weight is 409 g/mol. The molecule has 1 aromatic carbocycles. The van der Waals surface area contributed by atoms with E-state index in [4.69, 9.17) is 0 Å². The van der Waals surface area contributed by atoms with Crippen LogP contribution in [0.3, 0.4) is 0 Å². The van der Waals surface area contributed by atoms with Crippen molar-refractivity contribution in [1.82, 2.24) is 19.7 Å². The molecule has 2 aliphatic heterocycles. The summed E-state index contributed by atoms with van der Waals surface area (Å²) in [7, 11) is 3.87. The second-order valence-electron chi connectivity index (χ2n) is 8.73. The van der Waals surface area contributed by atoms with Crippen molar-refractivity contribution in [2.45, 2.75) is 30.8 Å². The number of carbonyl (C=O) groups excluding carboxylic acids is 1. The van der Waals surface area contributed by atoms with E-state index in [1.54, 1.807) is 6.20 Å². The number of carbonyl (C=O) groups is 1. The number of nitrogens with zero attached hydrogens (tertiary/aromatic N) is 4. The summed E-state index contributed by atoms with van der Waals surface area (Å²) >= 11 is 0. The van der Waals surface area contributed by atoms with Crippen LogP contribution in [-0.2, 0) is 4.79 Å². The van der Waals surface area contributed by atoms with Crippen LogP contribution in [0.2, 0.25) is 0 Å². The first-order valence-corrected chi connectivity index (χ1v) is 10.9. The van der Waals surface area contributed by atoms with E-state index in [0.29, 0.717) is 6.54 Å². The van der Waals surface area contributed by atoms with E-state index in [1.165, 1.54) is 5.56 Å². The third-order valence-corrected chi connectivity index (χ3v) is 6.46. The van der Waals surface area contributed by atoms with Gasteiger partial charge in [0.2, 0.25) is 5.91 Å². The van der Waals surface area contributed by atoms with Crippen molar-refractivity contribution in [2.24, 2.45) is 0 Å². The SMILES string of the molecule is CN(C)CC(=O)N1CCCCN2[C@@H](CO)[C@@H](c3ccc(-c4cccnc4)cc3)[C@@H]2C1. The monoisotopic (exact) mass is 408 g/mol. The zero-order valence-electron chi connectivity index (χ0n) is 17.9. The molecule has 6 nitrogen and oxygen atoms in total. The van der Waals surface area contributed by atoms with Crippen molar-refractivity contribution < 1.29 is 9.90 Å². The Bertz CT molecular complexity index is 840. The van der Waals surface area contributed by atoms with Crippen LogP contribution in [0.25, 0.3) is 11.1 Å². The fraction of sp³-hybridized carbons (Fsp3) is 0.500. The van der Waals surface area contributed by atoms with E-state index in [1.807, 2.05) is 36.2 Å². The predicted octanol–water partition coefficient (Wildman–Crippen LogP) is 2.06. The molecule has 3 heterocycles. The summed E-state index contributed by atoms with van der Waals surface area (Å²) in [5.41, 5.74) is 3.48. The number of amides is 1. The first-order chi connectivity index (χ1) is 14.6. The minimum atomic E-state index is 0.128. The van der Waals surface area contributed by atoms with Crippen molar-refractivity contribution in [2.75, 3.05) is 46.9 Å². The molecule has 160 valence electrons. The van der Waals surface area contributed by atoms with Crippen LogP contribution in [-0.4, -0.2) is 89.7 Å². The Morgan fingerprint density at radius 1 is 1.13 bits per heavy atom. The van der Waals surface area contributed by atoms with Crippen LogP contribution in [0.15, 0.2) is 48.8 Å². The molecule has 0 aliphatic carbocycles. The number of aliphatic hydroxyl groups is 1. The maximum Gasteiger partial charge on any atom is 0.236 e. The number of hydrogen-bond acceptors (Lipinski definition) is 5. The van der Waals surface area contributed by atoms with Crippen molar-refractivity contribution in [3.63, 3.8) is 0 Å². The lowest BCUT2D eigenvalue weighted by atomic mass is 9.74. The lowest BCUT2D eigenvalue weighted by molar-refractivity contribution is -0.137. The zero-order valence-corrected chi connectivity index (χ0v) is 17.9. The summed E-state index contributed by atoms with van der Waals surface area (Å²) < 4.78 is 0. The molecule has 2 fully saturated rings. The fourth-order valence-corrected chi connectivity index (χ4v) is 4.97. The minimum Gasteiger partial charge on any atom is -0.395 e. The standard InChI is InChI=1S/C24H32N4O2/c1-26(2)16-23(30)27-12-3-4-13-28-21(15-27)24(22(28)17-29)19-9-7-18(8-10-19)20-6-5-11-25-14-20/h5-11,14,21-22,24,29H,3-4,12-13,15-17H2,1-2H3/t21-,22-,24-/m0/s1. The van der Waals surface area contributed by atoms with Gasteiger partial charge < -0.3 is 14.9 Å². The summed E-state index contributed by atoms with van der Waals surface area (Å²) in [4.78, 5) is 23.3. The van der Waals surface area contributed by atoms with Crippen LogP contribution in [0.1, 0.15) is 24.3 Å². The van der Waals surface area contributed by atoms with Crippen LogP contribution < -0.4 is 0 Å². The number of aromatic nitrogens is 1. The first kappa shape index (κ1) is 21.0.